The molecule has 1 N–H and O–H groups in total. The summed E-state index contributed by atoms with van der Waals surface area (Å²) in [4.78, 5) is 22.8. The number of nitrogens with zero attached hydrogens (tertiary/aromatic N) is 1. The molecule has 0 spiro atoms. The first-order chi connectivity index (χ1) is 25.1. The van der Waals surface area contributed by atoms with Gasteiger partial charge >= 0.3 is 13.8 Å². The number of unbranched alkanes of at least 4 members (excludes halogenated alkanes) is 25. The summed E-state index contributed by atoms with van der Waals surface area (Å²) in [5, 5.41) is 0. The van der Waals surface area contributed by atoms with E-state index in [9.17, 15) is 14.3 Å². The zero-order valence-electron chi connectivity index (χ0n) is 35.1. The van der Waals surface area contributed by atoms with E-state index in [-0.39, 0.29) is 25.8 Å². The molecular formula is C43H87NO7P+. The predicted octanol–water partition coefficient (Wildman–Crippen LogP) is 12.7. The second kappa shape index (κ2) is 37.2. The number of carbonyl (C=O) groups excluding carboxylic acids is 1. The lowest BCUT2D eigenvalue weighted by Crippen LogP contribution is -2.37. The van der Waals surface area contributed by atoms with E-state index < -0.39 is 13.9 Å². The summed E-state index contributed by atoms with van der Waals surface area (Å²) in [6, 6.07) is 0. The lowest BCUT2D eigenvalue weighted by molar-refractivity contribution is -0.870. The van der Waals surface area contributed by atoms with E-state index in [2.05, 4.69) is 26.0 Å². The van der Waals surface area contributed by atoms with Crippen molar-refractivity contribution in [3.05, 3.63) is 12.2 Å². The van der Waals surface area contributed by atoms with E-state index in [1.807, 2.05) is 21.1 Å². The number of phosphoric acid groups is 1. The van der Waals surface area contributed by atoms with Gasteiger partial charge in [0.05, 0.1) is 34.4 Å². The van der Waals surface area contributed by atoms with Gasteiger partial charge < -0.3 is 18.9 Å². The van der Waals surface area contributed by atoms with Gasteiger partial charge in [-0.15, -0.1) is 0 Å². The molecule has 0 bridgehead atoms. The highest BCUT2D eigenvalue weighted by Gasteiger charge is 2.26. The van der Waals surface area contributed by atoms with Gasteiger partial charge in [0.25, 0.3) is 0 Å². The summed E-state index contributed by atoms with van der Waals surface area (Å²) in [6.45, 7) is 5.59. The highest BCUT2D eigenvalue weighted by molar-refractivity contribution is 7.47. The fraction of sp³-hybridized carbons (Fsp3) is 0.930. The molecule has 0 rings (SSSR count). The number of ether oxygens (including phenoxy) is 2. The van der Waals surface area contributed by atoms with E-state index in [1.165, 1.54) is 148 Å². The Bertz CT molecular complexity index is 848. The molecule has 310 valence electrons. The van der Waals surface area contributed by atoms with Crippen molar-refractivity contribution in [1.29, 1.82) is 0 Å². The van der Waals surface area contributed by atoms with Crippen LogP contribution in [0.15, 0.2) is 12.2 Å². The molecule has 0 heterocycles. The van der Waals surface area contributed by atoms with Crippen LogP contribution in [0.25, 0.3) is 0 Å². The van der Waals surface area contributed by atoms with Crippen molar-refractivity contribution in [3.8, 4) is 0 Å². The lowest BCUT2D eigenvalue weighted by Gasteiger charge is -2.24. The first-order valence-corrected chi connectivity index (χ1v) is 23.4. The van der Waals surface area contributed by atoms with Crippen molar-refractivity contribution < 1.29 is 37.3 Å². The van der Waals surface area contributed by atoms with E-state index in [4.69, 9.17) is 18.5 Å². The van der Waals surface area contributed by atoms with Crippen molar-refractivity contribution in [2.75, 3.05) is 54.1 Å². The fourth-order valence-electron chi connectivity index (χ4n) is 6.14. The zero-order valence-corrected chi connectivity index (χ0v) is 36.0. The number of hydrogen-bond donors (Lipinski definition) is 1. The molecule has 2 unspecified atom stereocenters. The average molecular weight is 761 g/mol. The van der Waals surface area contributed by atoms with Crippen LogP contribution in [0.2, 0.25) is 0 Å². The minimum Gasteiger partial charge on any atom is -0.457 e. The summed E-state index contributed by atoms with van der Waals surface area (Å²) >= 11 is 0. The van der Waals surface area contributed by atoms with Crippen LogP contribution in [-0.4, -0.2) is 75.6 Å². The number of allylic oxidation sites excluding steroid dienone is 2. The van der Waals surface area contributed by atoms with Gasteiger partial charge in [0, 0.05) is 13.0 Å². The molecule has 9 heteroatoms. The zero-order chi connectivity index (χ0) is 38.4. The van der Waals surface area contributed by atoms with Gasteiger partial charge in [0.2, 0.25) is 0 Å². The van der Waals surface area contributed by atoms with Crippen LogP contribution < -0.4 is 0 Å². The largest absolute Gasteiger partial charge is 0.472 e. The maximum absolute atomic E-state index is 12.7. The van der Waals surface area contributed by atoms with Crippen molar-refractivity contribution in [2.45, 2.75) is 206 Å². The van der Waals surface area contributed by atoms with E-state index >= 15 is 0 Å². The Kier molecular flexibility index (Phi) is 36.6. The van der Waals surface area contributed by atoms with Crippen molar-refractivity contribution in [2.24, 2.45) is 0 Å². The van der Waals surface area contributed by atoms with Gasteiger partial charge in [-0.2, -0.15) is 0 Å². The van der Waals surface area contributed by atoms with Crippen LogP contribution >= 0.6 is 7.82 Å². The maximum atomic E-state index is 12.7. The SMILES string of the molecule is CCC/C=C\CCCCCCCCOCC(COP(=O)(O)OCC[N+](C)(C)C)OC(=O)CCCCCCCCCCCCCCCCCCCCC. The topological polar surface area (TPSA) is 91.3 Å². The Morgan fingerprint density at radius 3 is 1.54 bits per heavy atom. The first kappa shape index (κ1) is 51.2. The molecule has 0 aromatic heterocycles. The number of rotatable bonds is 41. The normalized spacial score (nSPS) is 13.9. The Hall–Kier alpha value is -0.760. The molecule has 0 amide bonds. The Morgan fingerprint density at radius 1 is 0.577 bits per heavy atom. The maximum Gasteiger partial charge on any atom is 0.472 e. The van der Waals surface area contributed by atoms with Gasteiger partial charge in [-0.1, -0.05) is 174 Å². The third-order valence-electron chi connectivity index (χ3n) is 9.56. The quantitative estimate of drug-likeness (QED) is 0.0218. The molecule has 2 atom stereocenters. The van der Waals surface area contributed by atoms with E-state index in [0.717, 1.165) is 32.1 Å². The van der Waals surface area contributed by atoms with Gasteiger partial charge in [0.15, 0.2) is 0 Å². The van der Waals surface area contributed by atoms with Crippen LogP contribution in [-0.2, 0) is 27.9 Å². The molecule has 0 radical (unpaired) electrons. The number of esters is 1. The Morgan fingerprint density at radius 2 is 1.04 bits per heavy atom. The summed E-state index contributed by atoms with van der Waals surface area (Å²) < 4.78 is 34.9. The first-order valence-electron chi connectivity index (χ1n) is 21.9. The number of phosphoric ester groups is 1. The average Bonchev–Trinajstić information content (AvgIpc) is 3.09. The van der Waals surface area contributed by atoms with Crippen LogP contribution in [0.4, 0.5) is 0 Å². The summed E-state index contributed by atoms with van der Waals surface area (Å²) in [5.74, 6) is -0.313. The van der Waals surface area contributed by atoms with Gasteiger partial charge in [-0.3, -0.25) is 13.8 Å². The van der Waals surface area contributed by atoms with Crippen LogP contribution in [0, 0.1) is 0 Å². The van der Waals surface area contributed by atoms with E-state index in [0.29, 0.717) is 24.1 Å². The second-order valence-electron chi connectivity index (χ2n) is 16.1. The van der Waals surface area contributed by atoms with Crippen molar-refractivity contribution >= 4 is 13.8 Å². The fourth-order valence-corrected chi connectivity index (χ4v) is 6.89. The molecule has 0 saturated heterocycles. The summed E-state index contributed by atoms with van der Waals surface area (Å²) in [6.07, 6.45) is 39.6. The summed E-state index contributed by atoms with van der Waals surface area (Å²) in [5.41, 5.74) is 0. The van der Waals surface area contributed by atoms with Gasteiger partial charge in [-0.05, 0) is 32.1 Å². The molecule has 0 saturated carbocycles. The van der Waals surface area contributed by atoms with Crippen LogP contribution in [0.1, 0.15) is 200 Å². The smallest absolute Gasteiger partial charge is 0.457 e. The monoisotopic (exact) mass is 761 g/mol. The molecule has 52 heavy (non-hydrogen) atoms. The molecule has 0 aliphatic heterocycles. The number of likely N-dealkylation sites (N-methyl/N-ethyl adjacent to an activating group) is 1. The standard InChI is InChI=1S/C43H86NO7P/c1-6-8-10-12-14-16-18-19-20-21-22-23-24-25-26-28-30-32-34-36-43(45)51-42(41-50-52(46,47)49-39-37-44(3,4)5)40-48-38-35-33-31-29-27-17-15-13-11-9-7-2/h11,13,42H,6-10,12,14-41H2,1-5H3/p+1/b13-11-. The third-order valence-corrected chi connectivity index (χ3v) is 10.5. The number of hydrogen-bond acceptors (Lipinski definition) is 6. The molecule has 0 aromatic carbocycles. The van der Waals surface area contributed by atoms with Crippen LogP contribution in [0.5, 0.6) is 0 Å². The number of quaternary nitrogens is 1. The van der Waals surface area contributed by atoms with Crippen molar-refractivity contribution in [1.82, 2.24) is 0 Å². The second-order valence-corrected chi connectivity index (χ2v) is 17.5. The minimum atomic E-state index is -4.27. The molecule has 8 nitrogen and oxygen atoms in total. The minimum absolute atomic E-state index is 0.0905. The van der Waals surface area contributed by atoms with Gasteiger partial charge in [0.1, 0.15) is 19.3 Å². The third kappa shape index (κ3) is 40.4. The highest BCUT2D eigenvalue weighted by Crippen LogP contribution is 2.43. The van der Waals surface area contributed by atoms with Crippen molar-refractivity contribution in [3.63, 3.8) is 0 Å². The van der Waals surface area contributed by atoms with E-state index in [1.54, 1.807) is 0 Å². The molecule has 0 aromatic rings. The predicted molar refractivity (Wildman–Crippen MR) is 220 cm³/mol. The molecule has 0 aliphatic rings. The summed E-state index contributed by atoms with van der Waals surface area (Å²) in [7, 11) is 1.67. The number of carbonyl (C=O) groups is 1. The van der Waals surface area contributed by atoms with Crippen LogP contribution in [0.3, 0.4) is 0 Å². The molecule has 0 fully saturated rings. The molecule has 0 aliphatic carbocycles. The lowest BCUT2D eigenvalue weighted by atomic mass is 10.0. The Balaban J connectivity index is 4.14. The molecular weight excluding hydrogens is 673 g/mol. The Labute approximate surface area is 322 Å². The highest BCUT2D eigenvalue weighted by atomic mass is 31.2. The van der Waals surface area contributed by atoms with Gasteiger partial charge in [-0.25, -0.2) is 4.57 Å².